The lowest BCUT2D eigenvalue weighted by atomic mass is 9.96. The van der Waals surface area contributed by atoms with Crippen molar-refractivity contribution in [2.45, 2.75) is 44.7 Å². The van der Waals surface area contributed by atoms with Gasteiger partial charge in [-0.15, -0.1) is 0 Å². The summed E-state index contributed by atoms with van der Waals surface area (Å²) in [5, 5.41) is 3.15. The van der Waals surface area contributed by atoms with Crippen molar-refractivity contribution >= 4 is 11.9 Å². The van der Waals surface area contributed by atoms with Crippen LogP contribution in [0.4, 0.5) is 4.79 Å². The quantitative estimate of drug-likeness (QED) is 0.879. The highest BCUT2D eigenvalue weighted by molar-refractivity contribution is 5.94. The molecule has 0 spiro atoms. The predicted molar refractivity (Wildman–Crippen MR) is 97.2 cm³/mol. The Morgan fingerprint density at radius 3 is 2.16 bits per heavy atom. The third-order valence-electron chi connectivity index (χ3n) is 5.22. The number of carbonyl (C=O) groups excluding carboxylic acids is 2. The Balaban J connectivity index is 1.48. The summed E-state index contributed by atoms with van der Waals surface area (Å²) in [6.45, 7) is 2.81. The molecule has 2 aliphatic rings. The molecule has 2 fully saturated rings. The number of urea groups is 1. The van der Waals surface area contributed by atoms with Crippen molar-refractivity contribution in [3.63, 3.8) is 0 Å². The first-order chi connectivity index (χ1) is 12.2. The normalized spacial score (nSPS) is 18.9. The molecule has 6 heteroatoms. The summed E-state index contributed by atoms with van der Waals surface area (Å²) >= 11 is 0. The van der Waals surface area contributed by atoms with E-state index in [0.717, 1.165) is 18.4 Å². The van der Waals surface area contributed by atoms with Crippen LogP contribution < -0.4 is 11.1 Å². The summed E-state index contributed by atoms with van der Waals surface area (Å²) in [5.41, 5.74) is 7.28. The van der Waals surface area contributed by atoms with E-state index >= 15 is 0 Å². The molecule has 3 N–H and O–H groups in total. The SMILES string of the molecule is NCc1ccc(C(=O)N2CCN(C(=O)NC3CCCCC3)CC2)cc1. The van der Waals surface area contributed by atoms with Gasteiger partial charge in [-0.3, -0.25) is 4.79 Å². The molecule has 0 atom stereocenters. The Morgan fingerprint density at radius 1 is 0.960 bits per heavy atom. The minimum absolute atomic E-state index is 0.0197. The van der Waals surface area contributed by atoms with Gasteiger partial charge in [-0.25, -0.2) is 4.79 Å². The van der Waals surface area contributed by atoms with Crippen molar-refractivity contribution in [1.29, 1.82) is 0 Å². The van der Waals surface area contributed by atoms with E-state index in [2.05, 4.69) is 5.32 Å². The van der Waals surface area contributed by atoms with Crippen LogP contribution in [-0.4, -0.2) is 54.0 Å². The molecule has 1 aromatic rings. The molecule has 3 rings (SSSR count). The lowest BCUT2D eigenvalue weighted by Gasteiger charge is -2.36. The highest BCUT2D eigenvalue weighted by atomic mass is 16.2. The fourth-order valence-corrected chi connectivity index (χ4v) is 3.59. The van der Waals surface area contributed by atoms with E-state index in [0.29, 0.717) is 44.3 Å². The molecule has 1 aliphatic heterocycles. The van der Waals surface area contributed by atoms with Crippen LogP contribution in [0.5, 0.6) is 0 Å². The third kappa shape index (κ3) is 4.51. The number of hydrogen-bond donors (Lipinski definition) is 2. The van der Waals surface area contributed by atoms with Crippen LogP contribution >= 0.6 is 0 Å². The van der Waals surface area contributed by atoms with Crippen molar-refractivity contribution in [1.82, 2.24) is 15.1 Å². The van der Waals surface area contributed by atoms with Gasteiger partial charge in [0.1, 0.15) is 0 Å². The molecule has 1 heterocycles. The monoisotopic (exact) mass is 344 g/mol. The van der Waals surface area contributed by atoms with Gasteiger partial charge in [-0.1, -0.05) is 31.4 Å². The zero-order chi connectivity index (χ0) is 17.6. The lowest BCUT2D eigenvalue weighted by molar-refractivity contribution is 0.0662. The highest BCUT2D eigenvalue weighted by Crippen LogP contribution is 2.18. The predicted octanol–water partition coefficient (Wildman–Crippen LogP) is 1.95. The summed E-state index contributed by atoms with van der Waals surface area (Å²) in [5.74, 6) is 0.0240. The smallest absolute Gasteiger partial charge is 0.317 e. The van der Waals surface area contributed by atoms with E-state index in [4.69, 9.17) is 5.73 Å². The second-order valence-electron chi connectivity index (χ2n) is 6.96. The number of amides is 3. The minimum Gasteiger partial charge on any atom is -0.335 e. The summed E-state index contributed by atoms with van der Waals surface area (Å²) in [6.07, 6.45) is 5.86. The van der Waals surface area contributed by atoms with Gasteiger partial charge in [0, 0.05) is 44.3 Å². The topological polar surface area (TPSA) is 78.7 Å². The summed E-state index contributed by atoms with van der Waals surface area (Å²) < 4.78 is 0. The van der Waals surface area contributed by atoms with Crippen LogP contribution in [0.15, 0.2) is 24.3 Å². The number of rotatable bonds is 3. The van der Waals surface area contributed by atoms with Crippen LogP contribution in [0.3, 0.4) is 0 Å². The molecule has 136 valence electrons. The number of piperazine rings is 1. The molecular formula is C19H28N4O2. The number of hydrogen-bond acceptors (Lipinski definition) is 3. The Kier molecular flexibility index (Phi) is 5.91. The number of nitrogens with two attached hydrogens (primary N) is 1. The Labute approximate surface area is 149 Å². The second kappa shape index (κ2) is 8.34. The zero-order valence-electron chi connectivity index (χ0n) is 14.7. The Bertz CT molecular complexity index is 588. The van der Waals surface area contributed by atoms with Gasteiger partial charge in [0.25, 0.3) is 5.91 Å². The highest BCUT2D eigenvalue weighted by Gasteiger charge is 2.26. The minimum atomic E-state index is 0.0197. The molecule has 1 aliphatic carbocycles. The molecule has 25 heavy (non-hydrogen) atoms. The fraction of sp³-hybridized carbons (Fsp3) is 0.579. The van der Waals surface area contributed by atoms with Crippen LogP contribution in [0.1, 0.15) is 48.0 Å². The van der Waals surface area contributed by atoms with Gasteiger partial charge in [0.15, 0.2) is 0 Å². The van der Waals surface area contributed by atoms with Crippen molar-refractivity contribution < 1.29 is 9.59 Å². The van der Waals surface area contributed by atoms with Gasteiger partial charge in [-0.2, -0.15) is 0 Å². The molecule has 1 aromatic carbocycles. The van der Waals surface area contributed by atoms with Crippen LogP contribution in [0.2, 0.25) is 0 Å². The first-order valence-corrected chi connectivity index (χ1v) is 9.31. The molecule has 0 radical (unpaired) electrons. The van der Waals surface area contributed by atoms with Crippen molar-refractivity contribution in [3.05, 3.63) is 35.4 Å². The molecule has 1 saturated carbocycles. The maximum atomic E-state index is 12.6. The van der Waals surface area contributed by atoms with E-state index < -0.39 is 0 Å². The van der Waals surface area contributed by atoms with E-state index in [1.165, 1.54) is 19.3 Å². The molecule has 0 unspecified atom stereocenters. The average Bonchev–Trinajstić information content (AvgIpc) is 2.68. The number of benzene rings is 1. The van der Waals surface area contributed by atoms with Gasteiger partial charge in [0.2, 0.25) is 0 Å². The average molecular weight is 344 g/mol. The summed E-state index contributed by atoms with van der Waals surface area (Å²) in [6, 6.07) is 7.77. The summed E-state index contributed by atoms with van der Waals surface area (Å²) in [4.78, 5) is 28.6. The molecule has 6 nitrogen and oxygen atoms in total. The van der Waals surface area contributed by atoms with E-state index in [-0.39, 0.29) is 11.9 Å². The first-order valence-electron chi connectivity index (χ1n) is 9.31. The first kappa shape index (κ1) is 17.7. The number of nitrogens with one attached hydrogen (secondary N) is 1. The summed E-state index contributed by atoms with van der Waals surface area (Å²) in [7, 11) is 0. The zero-order valence-corrected chi connectivity index (χ0v) is 14.7. The molecule has 0 bridgehead atoms. The third-order valence-corrected chi connectivity index (χ3v) is 5.22. The Morgan fingerprint density at radius 2 is 1.56 bits per heavy atom. The lowest BCUT2D eigenvalue weighted by Crippen LogP contribution is -2.54. The van der Waals surface area contributed by atoms with E-state index in [1.807, 2.05) is 34.1 Å². The Hall–Kier alpha value is -2.08. The van der Waals surface area contributed by atoms with Gasteiger partial charge in [-0.05, 0) is 30.5 Å². The molecule has 3 amide bonds. The number of nitrogens with zero attached hydrogens (tertiary/aromatic N) is 2. The largest absolute Gasteiger partial charge is 0.335 e. The second-order valence-corrected chi connectivity index (χ2v) is 6.96. The van der Waals surface area contributed by atoms with Crippen LogP contribution in [0.25, 0.3) is 0 Å². The van der Waals surface area contributed by atoms with Crippen molar-refractivity contribution in [3.8, 4) is 0 Å². The molecule has 0 aromatic heterocycles. The fourth-order valence-electron chi connectivity index (χ4n) is 3.59. The van der Waals surface area contributed by atoms with Gasteiger partial charge >= 0.3 is 6.03 Å². The van der Waals surface area contributed by atoms with Crippen molar-refractivity contribution in [2.75, 3.05) is 26.2 Å². The standard InChI is InChI=1S/C19H28N4O2/c20-14-15-6-8-16(9-7-15)18(24)22-10-12-23(13-11-22)19(25)21-17-4-2-1-3-5-17/h6-9,17H,1-5,10-14,20H2,(H,21,25). The van der Waals surface area contributed by atoms with E-state index in [1.54, 1.807) is 0 Å². The van der Waals surface area contributed by atoms with Crippen LogP contribution in [0, 0.1) is 0 Å². The van der Waals surface area contributed by atoms with Crippen molar-refractivity contribution in [2.24, 2.45) is 5.73 Å². The maximum absolute atomic E-state index is 12.6. The molecular weight excluding hydrogens is 316 g/mol. The van der Waals surface area contributed by atoms with Gasteiger partial charge < -0.3 is 20.9 Å². The maximum Gasteiger partial charge on any atom is 0.317 e. The van der Waals surface area contributed by atoms with Crippen LogP contribution in [-0.2, 0) is 6.54 Å². The number of carbonyl (C=O) groups is 2. The van der Waals surface area contributed by atoms with Gasteiger partial charge in [0.05, 0.1) is 0 Å². The molecule has 1 saturated heterocycles. The van der Waals surface area contributed by atoms with E-state index in [9.17, 15) is 9.59 Å².